The Kier molecular flexibility index (Phi) is 8.20. The van der Waals surface area contributed by atoms with Crippen molar-refractivity contribution in [1.29, 1.82) is 0 Å². The van der Waals surface area contributed by atoms with Gasteiger partial charge in [-0.3, -0.25) is 15.1 Å². The van der Waals surface area contributed by atoms with Crippen LogP contribution < -0.4 is 15.5 Å². The van der Waals surface area contributed by atoms with Crippen molar-refractivity contribution in [3.8, 4) is 0 Å². The molecule has 1 fully saturated rings. The normalized spacial score (nSPS) is 15.0. The number of aryl methyl sites for hydroxylation is 1. The zero-order valence-electron chi connectivity index (χ0n) is 17.9. The minimum Gasteiger partial charge on any atom is -0.371 e. The van der Waals surface area contributed by atoms with Crippen molar-refractivity contribution < 1.29 is 9.31 Å². The van der Waals surface area contributed by atoms with Gasteiger partial charge in [0.25, 0.3) is 5.69 Å². The number of piperidine rings is 1. The fraction of sp³-hybridized carbons (Fsp3) is 0.435. The minimum atomic E-state index is -0.377. The van der Waals surface area contributed by atoms with Crippen LogP contribution in [0.3, 0.4) is 0 Å². The maximum absolute atomic E-state index is 13.4. The van der Waals surface area contributed by atoms with Crippen LogP contribution in [0.1, 0.15) is 31.2 Å². The van der Waals surface area contributed by atoms with E-state index in [0.717, 1.165) is 68.9 Å². The van der Waals surface area contributed by atoms with Crippen molar-refractivity contribution in [1.82, 2.24) is 10.6 Å². The van der Waals surface area contributed by atoms with Gasteiger partial charge >= 0.3 is 0 Å². The Morgan fingerprint density at radius 3 is 2.58 bits per heavy atom. The third-order valence-electron chi connectivity index (χ3n) is 5.56. The molecule has 0 aliphatic carbocycles. The van der Waals surface area contributed by atoms with Crippen LogP contribution in [0.5, 0.6) is 0 Å². The Morgan fingerprint density at radius 1 is 1.19 bits per heavy atom. The molecule has 0 atom stereocenters. The van der Waals surface area contributed by atoms with Gasteiger partial charge < -0.3 is 15.5 Å². The van der Waals surface area contributed by atoms with Crippen LogP contribution in [-0.2, 0) is 6.42 Å². The lowest BCUT2D eigenvalue weighted by atomic mass is 10.0. The van der Waals surface area contributed by atoms with Crippen LogP contribution >= 0.6 is 0 Å². The molecule has 8 heteroatoms. The molecule has 0 radical (unpaired) electrons. The first-order chi connectivity index (χ1) is 15.0. The highest BCUT2D eigenvalue weighted by Gasteiger charge is 2.20. The zero-order chi connectivity index (χ0) is 22.1. The SMILES string of the molecule is CN=C(NCCCCc1ccc([N+](=O)[O-])cc1)NC1CCN(c2cccc(F)c2)CC1. The standard InChI is InChI=1S/C23H30FN5O2/c1-25-23(26-14-3-2-5-18-8-10-21(11-9-18)29(30)31)27-20-12-15-28(16-13-20)22-7-4-6-19(24)17-22/h4,6-11,17,20H,2-3,5,12-16H2,1H3,(H2,25,26,27). The van der Waals surface area contributed by atoms with Gasteiger partial charge in [-0.1, -0.05) is 18.2 Å². The lowest BCUT2D eigenvalue weighted by Gasteiger charge is -2.34. The van der Waals surface area contributed by atoms with Gasteiger partial charge in [0.1, 0.15) is 5.82 Å². The first kappa shape index (κ1) is 22.5. The molecule has 0 bridgehead atoms. The molecule has 1 heterocycles. The summed E-state index contributed by atoms with van der Waals surface area (Å²) in [6, 6.07) is 13.9. The summed E-state index contributed by atoms with van der Waals surface area (Å²) in [6.07, 6.45) is 4.81. The first-order valence-corrected chi connectivity index (χ1v) is 10.8. The number of nitrogens with zero attached hydrogens (tertiary/aromatic N) is 3. The zero-order valence-corrected chi connectivity index (χ0v) is 17.9. The topological polar surface area (TPSA) is 82.8 Å². The molecule has 7 nitrogen and oxygen atoms in total. The van der Waals surface area contributed by atoms with Crippen LogP contribution in [-0.4, -0.2) is 43.6 Å². The van der Waals surface area contributed by atoms with E-state index in [9.17, 15) is 14.5 Å². The van der Waals surface area contributed by atoms with Crippen LogP contribution in [0, 0.1) is 15.9 Å². The molecule has 166 valence electrons. The molecule has 0 aromatic heterocycles. The van der Waals surface area contributed by atoms with E-state index in [1.54, 1.807) is 31.3 Å². The number of benzene rings is 2. The Morgan fingerprint density at radius 2 is 1.94 bits per heavy atom. The second kappa shape index (κ2) is 11.3. The molecule has 0 saturated carbocycles. The van der Waals surface area contributed by atoms with Crippen LogP contribution in [0.4, 0.5) is 15.8 Å². The predicted molar refractivity (Wildman–Crippen MR) is 122 cm³/mol. The fourth-order valence-corrected chi connectivity index (χ4v) is 3.79. The summed E-state index contributed by atoms with van der Waals surface area (Å²) in [5.41, 5.74) is 2.18. The van der Waals surface area contributed by atoms with Gasteiger partial charge in [0.2, 0.25) is 0 Å². The van der Waals surface area contributed by atoms with Gasteiger partial charge in [0.05, 0.1) is 4.92 Å². The second-order valence-corrected chi connectivity index (χ2v) is 7.77. The monoisotopic (exact) mass is 427 g/mol. The number of nitrogens with one attached hydrogen (secondary N) is 2. The van der Waals surface area contributed by atoms with Gasteiger partial charge in [-0.15, -0.1) is 0 Å². The van der Waals surface area contributed by atoms with Gasteiger partial charge in [0.15, 0.2) is 5.96 Å². The number of guanidine groups is 1. The Labute approximate surface area is 182 Å². The van der Waals surface area contributed by atoms with E-state index in [4.69, 9.17) is 0 Å². The van der Waals surface area contributed by atoms with E-state index in [1.165, 1.54) is 6.07 Å². The summed E-state index contributed by atoms with van der Waals surface area (Å²) >= 11 is 0. The molecule has 2 N–H and O–H groups in total. The lowest BCUT2D eigenvalue weighted by molar-refractivity contribution is -0.384. The van der Waals surface area contributed by atoms with Crippen molar-refractivity contribution in [2.45, 2.75) is 38.1 Å². The molecule has 1 aliphatic rings. The van der Waals surface area contributed by atoms with E-state index >= 15 is 0 Å². The lowest BCUT2D eigenvalue weighted by Crippen LogP contribution is -2.48. The predicted octanol–water partition coefficient (Wildman–Crippen LogP) is 3.89. The summed E-state index contributed by atoms with van der Waals surface area (Å²) in [5, 5.41) is 17.6. The van der Waals surface area contributed by atoms with E-state index in [1.807, 2.05) is 18.2 Å². The van der Waals surface area contributed by atoms with Gasteiger partial charge in [-0.05, 0) is 55.9 Å². The van der Waals surface area contributed by atoms with E-state index < -0.39 is 0 Å². The minimum absolute atomic E-state index is 0.127. The van der Waals surface area contributed by atoms with Crippen LogP contribution in [0.2, 0.25) is 0 Å². The highest BCUT2D eigenvalue weighted by atomic mass is 19.1. The summed E-state index contributed by atoms with van der Waals surface area (Å²) in [7, 11) is 1.77. The summed E-state index contributed by atoms with van der Waals surface area (Å²) < 4.78 is 13.4. The summed E-state index contributed by atoms with van der Waals surface area (Å²) in [5.74, 6) is 0.607. The molecule has 1 saturated heterocycles. The highest BCUT2D eigenvalue weighted by molar-refractivity contribution is 5.79. The maximum Gasteiger partial charge on any atom is 0.269 e. The van der Waals surface area contributed by atoms with Gasteiger partial charge in [-0.2, -0.15) is 0 Å². The number of nitro benzene ring substituents is 1. The van der Waals surface area contributed by atoms with Gasteiger partial charge in [-0.25, -0.2) is 4.39 Å². The number of rotatable bonds is 8. The van der Waals surface area contributed by atoms with Crippen LogP contribution in [0.25, 0.3) is 0 Å². The first-order valence-electron chi connectivity index (χ1n) is 10.8. The second-order valence-electron chi connectivity index (χ2n) is 7.77. The Bertz CT molecular complexity index is 880. The maximum atomic E-state index is 13.4. The number of hydrogen-bond donors (Lipinski definition) is 2. The molecule has 0 unspecified atom stereocenters. The Hall–Kier alpha value is -3.16. The van der Waals surface area contributed by atoms with E-state index in [2.05, 4.69) is 20.5 Å². The van der Waals surface area contributed by atoms with E-state index in [-0.39, 0.29) is 16.4 Å². The number of hydrogen-bond acceptors (Lipinski definition) is 4. The summed E-state index contributed by atoms with van der Waals surface area (Å²) in [4.78, 5) is 16.9. The largest absolute Gasteiger partial charge is 0.371 e. The molecular weight excluding hydrogens is 397 g/mol. The third kappa shape index (κ3) is 6.94. The Balaban J connectivity index is 1.33. The van der Waals surface area contributed by atoms with Crippen molar-refractivity contribution >= 4 is 17.3 Å². The molecule has 0 amide bonds. The number of unbranched alkanes of at least 4 members (excludes halogenated alkanes) is 1. The summed E-state index contributed by atoms with van der Waals surface area (Å²) in [6.45, 7) is 2.58. The molecule has 2 aromatic rings. The molecular formula is C23H30FN5O2. The number of halogens is 1. The fourth-order valence-electron chi connectivity index (χ4n) is 3.79. The van der Waals surface area contributed by atoms with Crippen molar-refractivity contribution in [2.24, 2.45) is 4.99 Å². The average Bonchev–Trinajstić information content (AvgIpc) is 2.79. The van der Waals surface area contributed by atoms with Crippen LogP contribution in [0.15, 0.2) is 53.5 Å². The van der Waals surface area contributed by atoms with Crippen molar-refractivity contribution in [2.75, 3.05) is 31.6 Å². The number of anilines is 1. The highest BCUT2D eigenvalue weighted by Crippen LogP contribution is 2.20. The molecule has 3 rings (SSSR count). The molecule has 31 heavy (non-hydrogen) atoms. The molecule has 0 spiro atoms. The number of aliphatic imine (C=N–C) groups is 1. The van der Waals surface area contributed by atoms with Gasteiger partial charge in [0, 0.05) is 50.5 Å². The third-order valence-corrected chi connectivity index (χ3v) is 5.56. The average molecular weight is 428 g/mol. The van der Waals surface area contributed by atoms with Crippen molar-refractivity contribution in [3.63, 3.8) is 0 Å². The van der Waals surface area contributed by atoms with E-state index in [0.29, 0.717) is 6.04 Å². The smallest absolute Gasteiger partial charge is 0.269 e. The quantitative estimate of drug-likeness (QED) is 0.220. The number of non-ortho nitro benzene ring substituents is 1. The molecule has 2 aromatic carbocycles. The number of nitro groups is 1. The molecule has 1 aliphatic heterocycles. The van der Waals surface area contributed by atoms with Crippen molar-refractivity contribution in [3.05, 3.63) is 70.0 Å².